The first-order valence-electron chi connectivity index (χ1n) is 20.7. The van der Waals surface area contributed by atoms with Crippen LogP contribution in [0.25, 0.3) is 0 Å². The Kier molecular flexibility index (Phi) is 11.2. The molecular formula is C40H54N10O6S2. The summed E-state index contributed by atoms with van der Waals surface area (Å²) >= 11 is 0. The summed E-state index contributed by atoms with van der Waals surface area (Å²) in [5.74, 6) is 0. The summed E-state index contributed by atoms with van der Waals surface area (Å²) < 4.78 is 49.2. The number of benzene rings is 2. The molecule has 4 N–H and O–H groups in total. The Morgan fingerprint density at radius 3 is 1.55 bits per heavy atom. The third-order valence-corrected chi connectivity index (χ3v) is 15.9. The van der Waals surface area contributed by atoms with E-state index < -0.39 is 31.3 Å². The van der Waals surface area contributed by atoms with Crippen LogP contribution in [0, 0.1) is 0 Å². The number of isocyanates is 1. The van der Waals surface area contributed by atoms with Crippen LogP contribution in [0.4, 0.5) is 16.2 Å². The van der Waals surface area contributed by atoms with Gasteiger partial charge in [0.15, 0.2) is 11.3 Å². The Morgan fingerprint density at radius 1 is 0.724 bits per heavy atom. The van der Waals surface area contributed by atoms with Gasteiger partial charge in [0.05, 0.1) is 5.69 Å². The highest BCUT2D eigenvalue weighted by Crippen LogP contribution is 2.41. The first-order valence-corrected chi connectivity index (χ1v) is 23.9. The van der Waals surface area contributed by atoms with Crippen LogP contribution in [0.15, 0.2) is 37.6 Å². The topological polar surface area (TPSA) is 221 Å². The van der Waals surface area contributed by atoms with Crippen molar-refractivity contribution in [1.82, 2.24) is 14.5 Å². The molecule has 18 heteroatoms. The molecule has 0 unspecified atom stereocenters. The number of likely N-dealkylation sites (tertiary alicyclic amines) is 2. The lowest BCUT2D eigenvalue weighted by Crippen LogP contribution is -2.58. The Labute approximate surface area is 340 Å². The fourth-order valence-electron chi connectivity index (χ4n) is 9.21. The largest absolute Gasteiger partial charge is 0.332 e. The molecule has 0 aromatic heterocycles. The van der Waals surface area contributed by atoms with Crippen molar-refractivity contribution in [3.8, 4) is 0 Å². The number of nitrogens with one attached hydrogen (secondary N) is 2. The average molecular weight is 835 g/mol. The molecule has 8 aliphatic rings. The molecule has 58 heavy (non-hydrogen) atoms. The van der Waals surface area contributed by atoms with Gasteiger partial charge in [0.1, 0.15) is 10.5 Å². The molecule has 10 rings (SSSR count). The van der Waals surface area contributed by atoms with Gasteiger partial charge < -0.3 is 15.1 Å². The monoisotopic (exact) mass is 834 g/mol. The number of hydrogen-bond donors (Lipinski definition) is 3. The zero-order chi connectivity index (χ0) is 40.9. The highest BCUT2D eigenvalue weighted by Gasteiger charge is 2.42. The maximum absolute atomic E-state index is 12.6. The van der Waals surface area contributed by atoms with Crippen molar-refractivity contribution in [1.29, 1.82) is 0 Å². The van der Waals surface area contributed by atoms with Gasteiger partial charge in [0.25, 0.3) is 0 Å². The first-order chi connectivity index (χ1) is 27.6. The summed E-state index contributed by atoms with van der Waals surface area (Å²) in [6, 6.07) is 3.99. The number of anilines is 1. The number of aliphatic imine (C=N–C) groups is 1. The van der Waals surface area contributed by atoms with Gasteiger partial charge in [-0.1, -0.05) is 12.1 Å². The van der Waals surface area contributed by atoms with E-state index in [9.17, 15) is 26.4 Å². The number of nitrogens with two attached hydrogens (primary N) is 1. The molecule has 2 saturated heterocycles. The summed E-state index contributed by atoms with van der Waals surface area (Å²) in [6.07, 6.45) is 16.4. The Hall–Kier alpha value is -3.93. The van der Waals surface area contributed by atoms with Crippen LogP contribution >= 0.6 is 0 Å². The number of aryl methyl sites for hydroxylation is 4. The van der Waals surface area contributed by atoms with Gasteiger partial charge in [-0.05, 0) is 135 Å². The lowest BCUT2D eigenvalue weighted by Gasteiger charge is -2.38. The van der Waals surface area contributed by atoms with Crippen LogP contribution in [0.5, 0.6) is 0 Å². The van der Waals surface area contributed by atoms with Crippen molar-refractivity contribution < 1.29 is 26.4 Å². The van der Waals surface area contributed by atoms with E-state index >= 15 is 0 Å². The number of amides is 2. The number of sulfonamides is 2. The van der Waals surface area contributed by atoms with Crippen LogP contribution < -0.4 is 15.2 Å². The number of fused-ring (bicyclic) bond motifs is 4. The number of hydrogen-bond acceptors (Lipinski definition) is 13. The van der Waals surface area contributed by atoms with Crippen molar-refractivity contribution >= 4 is 43.5 Å². The first kappa shape index (κ1) is 40.8. The summed E-state index contributed by atoms with van der Waals surface area (Å²) in [5, 5.41) is 22.7. The van der Waals surface area contributed by atoms with Crippen molar-refractivity contribution in [3.63, 3.8) is 0 Å². The molecule has 2 aromatic carbocycles. The van der Waals surface area contributed by atoms with Gasteiger partial charge in [-0.3, -0.25) is 0 Å². The van der Waals surface area contributed by atoms with Crippen molar-refractivity contribution in [2.75, 3.05) is 44.6 Å². The zero-order valence-electron chi connectivity index (χ0n) is 33.4. The summed E-state index contributed by atoms with van der Waals surface area (Å²) in [5.41, 5.74) is 11.9. The number of carbonyl (C=O) groups excluding carboxylic acids is 2. The second kappa shape index (κ2) is 15.9. The number of nitrogens with zero attached hydrogens (tertiary/aromatic N) is 7. The zero-order valence-corrected chi connectivity index (χ0v) is 35.1. The van der Waals surface area contributed by atoms with E-state index in [0.29, 0.717) is 26.2 Å². The van der Waals surface area contributed by atoms with Crippen molar-refractivity contribution in [3.05, 3.63) is 56.6 Å². The van der Waals surface area contributed by atoms with Crippen LogP contribution in [0.1, 0.15) is 96.9 Å². The van der Waals surface area contributed by atoms with E-state index in [0.717, 1.165) is 102 Å². The molecule has 0 radical (unpaired) electrons. The maximum Gasteiger partial charge on any atom is 0.332 e. The molecule has 0 spiro atoms. The SMILES string of the molecule is CC1(CCN2CC(S(=O)(=O)NC(=O)Nc3c4c(cc5c3CCC5)CCC4)C2)N=N1.CC1(CCN2CC(S(N)(=O)=O)C2)N=N1.O=C=Nc1c2c(cc3c1CCC3)CCC2. The normalized spacial score (nSPS) is 21.8. The van der Waals surface area contributed by atoms with Gasteiger partial charge in [0.2, 0.25) is 26.1 Å². The number of rotatable bonds is 11. The maximum atomic E-state index is 12.6. The number of primary sulfonamides is 1. The second-order valence-electron chi connectivity index (χ2n) is 17.4. The Morgan fingerprint density at radius 2 is 1.14 bits per heavy atom. The van der Waals surface area contributed by atoms with E-state index in [1.54, 1.807) is 6.08 Å². The van der Waals surface area contributed by atoms with Gasteiger partial charge in [0, 0.05) is 57.8 Å². The van der Waals surface area contributed by atoms with Crippen LogP contribution in [0.3, 0.4) is 0 Å². The highest BCUT2D eigenvalue weighted by atomic mass is 32.2. The lowest BCUT2D eigenvalue weighted by molar-refractivity contribution is 0.175. The Balaban J connectivity index is 0.000000135. The van der Waals surface area contributed by atoms with Crippen LogP contribution in [0.2, 0.25) is 0 Å². The Bertz CT molecular complexity index is 2240. The minimum atomic E-state index is -3.69. The molecule has 0 atom stereocenters. The fraction of sp³-hybridized carbons (Fsp3) is 0.650. The molecule has 2 fully saturated rings. The van der Waals surface area contributed by atoms with E-state index in [1.165, 1.54) is 57.3 Å². The van der Waals surface area contributed by atoms with Gasteiger partial charge in [-0.2, -0.15) is 25.4 Å². The molecule has 312 valence electrons. The number of carbonyl (C=O) groups is 1. The molecule has 0 saturated carbocycles. The second-order valence-corrected chi connectivity index (χ2v) is 21.2. The van der Waals surface area contributed by atoms with Crippen molar-refractivity contribution in [2.45, 2.75) is 126 Å². The molecule has 16 nitrogen and oxygen atoms in total. The fourth-order valence-corrected chi connectivity index (χ4v) is 11.3. The van der Waals surface area contributed by atoms with E-state index in [1.807, 2.05) is 13.8 Å². The van der Waals surface area contributed by atoms with Crippen LogP contribution in [-0.4, -0.2) is 99.8 Å². The molecule has 4 aliphatic carbocycles. The van der Waals surface area contributed by atoms with Gasteiger partial charge in [-0.15, -0.1) is 0 Å². The third-order valence-electron chi connectivity index (χ3n) is 13.0. The van der Waals surface area contributed by atoms with E-state index in [2.05, 4.69) is 57.4 Å². The van der Waals surface area contributed by atoms with Crippen molar-refractivity contribution in [2.24, 2.45) is 30.6 Å². The molecular weight excluding hydrogens is 781 g/mol. The number of urea groups is 1. The third kappa shape index (κ3) is 9.11. The molecule has 2 aromatic rings. The van der Waals surface area contributed by atoms with E-state index in [-0.39, 0.29) is 16.6 Å². The molecule has 0 bridgehead atoms. The smallest absolute Gasteiger partial charge is 0.307 e. The lowest BCUT2D eigenvalue weighted by atomic mass is 9.99. The average Bonchev–Trinajstić information content (AvgIpc) is 3.62. The predicted molar refractivity (Wildman–Crippen MR) is 219 cm³/mol. The summed E-state index contributed by atoms with van der Waals surface area (Å²) in [6.45, 7) is 7.51. The standard InChI is InChI=1S/C20H27N5O3S.C13H13NO.C7H14N4O2S/c1-20(23-24-20)8-9-25-11-15(12-25)29(27,28)22-19(26)21-18-16-6-2-4-13(16)10-14-5-3-7-17(14)18;15-8-14-13-11-5-1-3-9(11)7-10-4-2-6-12(10)13;1-7(9-10-7)2-3-11-4-6(5-11)14(8,12)13/h10,15H,2-9,11-12H2,1H3,(H2,21,22,26);7H,1-6H2;6H,2-5H2,1H3,(H2,8,12,13). The summed E-state index contributed by atoms with van der Waals surface area (Å²) in [4.78, 5) is 31.1. The van der Waals surface area contributed by atoms with Gasteiger partial charge >= 0.3 is 6.03 Å². The quantitative estimate of drug-likeness (QED) is 0.215. The van der Waals surface area contributed by atoms with Gasteiger partial charge in [-0.25, -0.2) is 36.3 Å². The molecule has 2 amide bonds. The highest BCUT2D eigenvalue weighted by molar-refractivity contribution is 7.90. The molecule has 4 aliphatic heterocycles. The molecule has 4 heterocycles. The summed E-state index contributed by atoms with van der Waals surface area (Å²) in [7, 11) is -7.02. The van der Waals surface area contributed by atoms with E-state index in [4.69, 9.17) is 5.14 Å². The minimum absolute atomic E-state index is 0.188. The predicted octanol–water partition coefficient (Wildman–Crippen LogP) is 4.53. The van der Waals surface area contributed by atoms with Crippen LogP contribution in [-0.2, 0) is 76.2 Å². The minimum Gasteiger partial charge on any atom is -0.307 e.